The zero-order chi connectivity index (χ0) is 13.0. The molecule has 2 rings (SSSR count). The van der Waals surface area contributed by atoms with Crippen molar-refractivity contribution in [3.63, 3.8) is 0 Å². The van der Waals surface area contributed by atoms with E-state index in [1.54, 1.807) is 0 Å². The number of halogens is 1. The van der Waals surface area contributed by atoms with Crippen molar-refractivity contribution < 1.29 is 13.9 Å². The lowest BCUT2D eigenvalue weighted by Gasteiger charge is -2.06. The van der Waals surface area contributed by atoms with E-state index in [4.69, 9.17) is 4.74 Å². The third-order valence-electron chi connectivity index (χ3n) is 2.24. The zero-order valence-corrected chi connectivity index (χ0v) is 9.55. The van der Waals surface area contributed by atoms with E-state index in [2.05, 4.69) is 15.3 Å². The topological polar surface area (TPSA) is 64.1 Å². The maximum absolute atomic E-state index is 13.6. The highest BCUT2D eigenvalue weighted by Crippen LogP contribution is 2.17. The second kappa shape index (κ2) is 5.22. The first-order valence-electron chi connectivity index (χ1n) is 5.10. The summed E-state index contributed by atoms with van der Waals surface area (Å²) in [6.07, 6.45) is 4.18. The van der Waals surface area contributed by atoms with Gasteiger partial charge in [-0.25, -0.2) is 14.4 Å². The van der Waals surface area contributed by atoms with Crippen LogP contribution in [0.1, 0.15) is 10.4 Å². The molecule has 0 aliphatic carbocycles. The van der Waals surface area contributed by atoms with Crippen LogP contribution in [0.15, 0.2) is 36.9 Å². The van der Waals surface area contributed by atoms with Crippen LogP contribution in [0.4, 0.5) is 10.1 Å². The number of methoxy groups -OCH3 is 1. The standard InChI is InChI=1S/C12H10FN3O2/c1-18-9-2-3-10(11(13)4-9)12(17)16-8-5-14-7-15-6-8/h2-7H,1H3,(H,16,17). The number of rotatable bonds is 3. The van der Waals surface area contributed by atoms with Crippen LogP contribution in [0.5, 0.6) is 5.75 Å². The molecule has 92 valence electrons. The van der Waals surface area contributed by atoms with Crippen molar-refractivity contribution in [2.75, 3.05) is 12.4 Å². The van der Waals surface area contributed by atoms with Gasteiger partial charge in [0.25, 0.3) is 5.91 Å². The average molecular weight is 247 g/mol. The summed E-state index contributed by atoms with van der Waals surface area (Å²) in [5.41, 5.74) is 0.331. The molecule has 5 nitrogen and oxygen atoms in total. The summed E-state index contributed by atoms with van der Waals surface area (Å²) in [5.74, 6) is -0.860. The SMILES string of the molecule is COc1ccc(C(=O)Nc2cncnc2)c(F)c1. The normalized spacial score (nSPS) is 9.89. The van der Waals surface area contributed by atoms with Gasteiger partial charge < -0.3 is 10.1 Å². The van der Waals surface area contributed by atoms with E-state index >= 15 is 0 Å². The Kier molecular flexibility index (Phi) is 3.47. The number of aromatic nitrogens is 2. The molecule has 0 aliphatic rings. The molecule has 1 aromatic carbocycles. The quantitative estimate of drug-likeness (QED) is 0.899. The van der Waals surface area contributed by atoms with Gasteiger partial charge in [0.2, 0.25) is 0 Å². The maximum Gasteiger partial charge on any atom is 0.258 e. The molecule has 0 fully saturated rings. The van der Waals surface area contributed by atoms with Crippen LogP contribution in [0.3, 0.4) is 0 Å². The molecule has 1 aromatic heterocycles. The molecule has 0 saturated heterocycles. The van der Waals surface area contributed by atoms with E-state index in [1.807, 2.05) is 0 Å². The molecule has 1 N–H and O–H groups in total. The lowest BCUT2D eigenvalue weighted by molar-refractivity contribution is 0.102. The monoisotopic (exact) mass is 247 g/mol. The fourth-order valence-corrected chi connectivity index (χ4v) is 1.37. The zero-order valence-electron chi connectivity index (χ0n) is 9.55. The fourth-order valence-electron chi connectivity index (χ4n) is 1.37. The van der Waals surface area contributed by atoms with Gasteiger partial charge in [0, 0.05) is 6.07 Å². The highest BCUT2D eigenvalue weighted by atomic mass is 19.1. The highest BCUT2D eigenvalue weighted by Gasteiger charge is 2.12. The lowest BCUT2D eigenvalue weighted by atomic mass is 10.2. The lowest BCUT2D eigenvalue weighted by Crippen LogP contribution is -2.14. The molecule has 1 amide bonds. The number of carbonyl (C=O) groups excluding carboxylic acids is 1. The molecule has 0 bridgehead atoms. The number of carbonyl (C=O) groups is 1. The van der Waals surface area contributed by atoms with Crippen molar-refractivity contribution in [2.24, 2.45) is 0 Å². The van der Waals surface area contributed by atoms with Crippen LogP contribution < -0.4 is 10.1 Å². The van der Waals surface area contributed by atoms with Crippen molar-refractivity contribution in [3.05, 3.63) is 48.3 Å². The smallest absolute Gasteiger partial charge is 0.258 e. The second-order valence-corrected chi connectivity index (χ2v) is 3.43. The van der Waals surface area contributed by atoms with E-state index in [0.29, 0.717) is 11.4 Å². The Hall–Kier alpha value is -2.50. The Morgan fingerprint density at radius 2 is 2.06 bits per heavy atom. The summed E-state index contributed by atoms with van der Waals surface area (Å²) in [4.78, 5) is 19.3. The maximum atomic E-state index is 13.6. The Bertz CT molecular complexity index is 561. The van der Waals surface area contributed by atoms with Gasteiger partial charge in [-0.1, -0.05) is 0 Å². The minimum Gasteiger partial charge on any atom is -0.497 e. The largest absolute Gasteiger partial charge is 0.497 e. The molecule has 0 aliphatic heterocycles. The van der Waals surface area contributed by atoms with Crippen LogP contribution in [0, 0.1) is 5.82 Å². The summed E-state index contributed by atoms with van der Waals surface area (Å²) < 4.78 is 18.5. The molecule has 0 atom stereocenters. The summed E-state index contributed by atoms with van der Waals surface area (Å²) in [6, 6.07) is 4.02. The predicted molar refractivity (Wildman–Crippen MR) is 62.9 cm³/mol. The first-order valence-corrected chi connectivity index (χ1v) is 5.10. The Balaban J connectivity index is 2.19. The van der Waals surface area contributed by atoms with Gasteiger partial charge in [0.15, 0.2) is 0 Å². The van der Waals surface area contributed by atoms with Crippen LogP contribution in [-0.4, -0.2) is 23.0 Å². The van der Waals surface area contributed by atoms with E-state index in [-0.39, 0.29) is 5.56 Å². The number of nitrogens with one attached hydrogen (secondary N) is 1. The van der Waals surface area contributed by atoms with Crippen molar-refractivity contribution in [3.8, 4) is 5.75 Å². The average Bonchev–Trinajstić information content (AvgIpc) is 2.39. The van der Waals surface area contributed by atoms with Crippen LogP contribution in [0.25, 0.3) is 0 Å². The number of ether oxygens (including phenoxy) is 1. The summed E-state index contributed by atoms with van der Waals surface area (Å²) in [5, 5.41) is 2.49. The van der Waals surface area contributed by atoms with E-state index in [0.717, 1.165) is 6.07 Å². The predicted octanol–water partition coefficient (Wildman–Crippen LogP) is 1.88. The summed E-state index contributed by atoms with van der Waals surface area (Å²) in [7, 11) is 1.43. The molecule has 2 aromatic rings. The third kappa shape index (κ3) is 2.60. The van der Waals surface area contributed by atoms with Crippen LogP contribution >= 0.6 is 0 Å². The van der Waals surface area contributed by atoms with E-state index in [9.17, 15) is 9.18 Å². The molecular formula is C12H10FN3O2. The number of hydrogen-bond donors (Lipinski definition) is 1. The van der Waals surface area contributed by atoms with Crippen molar-refractivity contribution in [2.45, 2.75) is 0 Å². The van der Waals surface area contributed by atoms with Gasteiger partial charge in [0.05, 0.1) is 30.8 Å². The highest BCUT2D eigenvalue weighted by molar-refractivity contribution is 6.04. The Labute approximate surface area is 103 Å². The summed E-state index contributed by atoms with van der Waals surface area (Å²) >= 11 is 0. The Morgan fingerprint density at radius 1 is 1.33 bits per heavy atom. The number of nitrogens with zero attached hydrogens (tertiary/aromatic N) is 2. The van der Waals surface area contributed by atoms with Gasteiger partial charge in [0.1, 0.15) is 17.9 Å². The van der Waals surface area contributed by atoms with Crippen molar-refractivity contribution in [1.82, 2.24) is 9.97 Å². The Morgan fingerprint density at radius 3 is 2.67 bits per heavy atom. The number of anilines is 1. The third-order valence-corrected chi connectivity index (χ3v) is 2.24. The van der Waals surface area contributed by atoms with Gasteiger partial charge in [-0.15, -0.1) is 0 Å². The minimum atomic E-state index is -0.649. The van der Waals surface area contributed by atoms with E-state index in [1.165, 1.54) is 38.0 Å². The molecule has 6 heteroatoms. The number of hydrogen-bond acceptors (Lipinski definition) is 4. The second-order valence-electron chi connectivity index (χ2n) is 3.43. The van der Waals surface area contributed by atoms with Crippen molar-refractivity contribution in [1.29, 1.82) is 0 Å². The van der Waals surface area contributed by atoms with Gasteiger partial charge in [-0.3, -0.25) is 4.79 Å². The molecule has 0 radical (unpaired) electrons. The summed E-state index contributed by atoms with van der Waals surface area (Å²) in [6.45, 7) is 0. The van der Waals surface area contributed by atoms with Gasteiger partial charge in [-0.2, -0.15) is 0 Å². The number of benzene rings is 1. The van der Waals surface area contributed by atoms with E-state index < -0.39 is 11.7 Å². The number of amides is 1. The first kappa shape index (κ1) is 12.0. The minimum absolute atomic E-state index is 0.0698. The molecule has 0 spiro atoms. The van der Waals surface area contributed by atoms with Crippen molar-refractivity contribution >= 4 is 11.6 Å². The molecule has 1 heterocycles. The fraction of sp³-hybridized carbons (Fsp3) is 0.0833. The molecule has 0 unspecified atom stereocenters. The first-order chi connectivity index (χ1) is 8.70. The van der Waals surface area contributed by atoms with Gasteiger partial charge >= 0.3 is 0 Å². The molecular weight excluding hydrogens is 237 g/mol. The van der Waals surface area contributed by atoms with Gasteiger partial charge in [-0.05, 0) is 12.1 Å². The molecule has 18 heavy (non-hydrogen) atoms. The van der Waals surface area contributed by atoms with Crippen LogP contribution in [-0.2, 0) is 0 Å². The van der Waals surface area contributed by atoms with Crippen LogP contribution in [0.2, 0.25) is 0 Å². The molecule has 0 saturated carbocycles.